The molecule has 1 fully saturated rings. The molecule has 1 aromatic carbocycles. The van der Waals surface area contributed by atoms with E-state index in [9.17, 15) is 8.42 Å². The molecule has 0 bridgehead atoms. The molecule has 122 valence electrons. The number of sulfonamides is 1. The standard InChI is InChI=1S/C18H20ClNO2S/c1-11-4-7-16-14(8-11)18(2,3)17-10-12-9-13(19)5-6-15(12)20(17)23(16,21)22/h5-9,14,17H,4,10H2,1-3H3/t14-,17-/m1/s1. The highest BCUT2D eigenvalue weighted by atomic mass is 35.5. The minimum absolute atomic E-state index is 0.0488. The Kier molecular flexibility index (Phi) is 3.08. The van der Waals surface area contributed by atoms with Crippen LogP contribution in [0, 0.1) is 11.3 Å². The van der Waals surface area contributed by atoms with Crippen molar-refractivity contribution in [2.24, 2.45) is 11.3 Å². The molecule has 0 radical (unpaired) electrons. The first kappa shape index (κ1) is 15.3. The van der Waals surface area contributed by atoms with E-state index in [-0.39, 0.29) is 17.4 Å². The third-order valence-corrected chi connectivity index (χ3v) is 7.80. The molecule has 1 saturated heterocycles. The number of hydrogen-bond donors (Lipinski definition) is 0. The molecule has 5 heteroatoms. The summed E-state index contributed by atoms with van der Waals surface area (Å²) >= 11 is 6.12. The summed E-state index contributed by atoms with van der Waals surface area (Å²) in [5.41, 5.74) is 2.90. The van der Waals surface area contributed by atoms with Crippen molar-refractivity contribution < 1.29 is 8.42 Å². The first-order chi connectivity index (χ1) is 10.7. The fourth-order valence-electron chi connectivity index (χ4n) is 4.25. The maximum atomic E-state index is 13.3. The van der Waals surface area contributed by atoms with Gasteiger partial charge in [-0.2, -0.15) is 0 Å². The number of fused-ring (bicyclic) bond motifs is 4. The van der Waals surface area contributed by atoms with Crippen molar-refractivity contribution in [1.29, 1.82) is 0 Å². The molecule has 2 atom stereocenters. The third kappa shape index (κ3) is 1.97. The van der Waals surface area contributed by atoms with Crippen LogP contribution < -0.4 is 4.31 Å². The number of halogens is 1. The zero-order valence-electron chi connectivity index (χ0n) is 13.5. The summed E-state index contributed by atoms with van der Waals surface area (Å²) in [5.74, 6) is -0.0488. The molecular weight excluding hydrogens is 330 g/mol. The molecule has 23 heavy (non-hydrogen) atoms. The van der Waals surface area contributed by atoms with Gasteiger partial charge in [0.1, 0.15) is 0 Å². The van der Waals surface area contributed by atoms with Crippen molar-refractivity contribution in [2.45, 2.75) is 39.7 Å². The van der Waals surface area contributed by atoms with Gasteiger partial charge in [0.25, 0.3) is 10.0 Å². The minimum atomic E-state index is -3.48. The zero-order valence-corrected chi connectivity index (χ0v) is 15.1. The zero-order chi connectivity index (χ0) is 16.6. The molecule has 1 aliphatic carbocycles. The van der Waals surface area contributed by atoms with E-state index in [0.717, 1.165) is 17.7 Å². The van der Waals surface area contributed by atoms with Crippen LogP contribution in [-0.2, 0) is 16.4 Å². The van der Waals surface area contributed by atoms with Crippen LogP contribution in [0.5, 0.6) is 0 Å². The normalized spacial score (nSPS) is 30.0. The van der Waals surface area contributed by atoms with Gasteiger partial charge in [0.15, 0.2) is 0 Å². The van der Waals surface area contributed by atoms with Crippen LogP contribution in [-0.4, -0.2) is 14.5 Å². The second-order valence-corrected chi connectivity index (χ2v) is 9.67. The summed E-state index contributed by atoms with van der Waals surface area (Å²) in [5, 5.41) is 0.658. The molecule has 4 rings (SSSR count). The largest absolute Gasteiger partial charge is 0.262 e. The van der Waals surface area contributed by atoms with Gasteiger partial charge in [-0.1, -0.05) is 43.2 Å². The molecule has 1 aromatic rings. The average molecular weight is 350 g/mol. The van der Waals surface area contributed by atoms with Crippen LogP contribution in [0.3, 0.4) is 0 Å². The lowest BCUT2D eigenvalue weighted by Gasteiger charge is -2.49. The highest BCUT2D eigenvalue weighted by molar-refractivity contribution is 7.96. The Morgan fingerprint density at radius 2 is 2.04 bits per heavy atom. The molecule has 0 N–H and O–H groups in total. The van der Waals surface area contributed by atoms with Crippen LogP contribution in [0.4, 0.5) is 5.69 Å². The maximum Gasteiger partial charge on any atom is 0.261 e. The van der Waals surface area contributed by atoms with E-state index < -0.39 is 10.0 Å². The highest BCUT2D eigenvalue weighted by Crippen LogP contribution is 2.55. The van der Waals surface area contributed by atoms with Gasteiger partial charge in [0, 0.05) is 10.9 Å². The number of nitrogens with zero attached hydrogens (tertiary/aromatic N) is 1. The fraction of sp³-hybridized carbons (Fsp3) is 0.444. The first-order valence-electron chi connectivity index (χ1n) is 7.93. The van der Waals surface area contributed by atoms with Crippen LogP contribution in [0.25, 0.3) is 0 Å². The monoisotopic (exact) mass is 349 g/mol. The topological polar surface area (TPSA) is 37.4 Å². The van der Waals surface area contributed by atoms with Gasteiger partial charge in [0.05, 0.1) is 16.6 Å². The lowest BCUT2D eigenvalue weighted by molar-refractivity contribution is 0.228. The SMILES string of the molecule is CC1=C[C@@H]2C(=CC1)S(=O)(=O)N1c3ccc(Cl)cc3C[C@@H]1C2(C)C. The van der Waals surface area contributed by atoms with E-state index in [1.54, 1.807) is 10.4 Å². The summed E-state index contributed by atoms with van der Waals surface area (Å²) in [6, 6.07) is 5.46. The van der Waals surface area contributed by atoms with Gasteiger partial charge >= 0.3 is 0 Å². The van der Waals surface area contributed by atoms with E-state index in [1.807, 2.05) is 18.2 Å². The quantitative estimate of drug-likeness (QED) is 0.655. The fourth-order valence-corrected chi connectivity index (χ4v) is 6.77. The van der Waals surface area contributed by atoms with Gasteiger partial charge in [-0.15, -0.1) is 0 Å². The molecule has 2 heterocycles. The maximum absolute atomic E-state index is 13.3. The molecule has 0 unspecified atom stereocenters. The Morgan fingerprint density at radius 1 is 1.30 bits per heavy atom. The Morgan fingerprint density at radius 3 is 2.78 bits per heavy atom. The number of allylic oxidation sites excluding steroid dienone is 4. The number of rotatable bonds is 0. The van der Waals surface area contributed by atoms with Crippen molar-refractivity contribution in [3.8, 4) is 0 Å². The van der Waals surface area contributed by atoms with Gasteiger partial charge in [-0.05, 0) is 48.9 Å². The lowest BCUT2D eigenvalue weighted by Crippen LogP contribution is -2.56. The molecule has 2 aliphatic heterocycles. The predicted molar refractivity (Wildman–Crippen MR) is 94.1 cm³/mol. The van der Waals surface area contributed by atoms with Crippen LogP contribution in [0.15, 0.2) is 40.8 Å². The van der Waals surface area contributed by atoms with E-state index in [1.165, 1.54) is 5.57 Å². The van der Waals surface area contributed by atoms with E-state index in [4.69, 9.17) is 11.6 Å². The van der Waals surface area contributed by atoms with Gasteiger partial charge in [-0.25, -0.2) is 8.42 Å². The number of hydrogen-bond acceptors (Lipinski definition) is 2. The number of anilines is 1. The lowest BCUT2D eigenvalue weighted by atomic mass is 9.69. The molecule has 0 amide bonds. The first-order valence-corrected chi connectivity index (χ1v) is 9.75. The molecule has 0 spiro atoms. The molecule has 0 saturated carbocycles. The van der Waals surface area contributed by atoms with Crippen molar-refractivity contribution in [3.05, 3.63) is 51.4 Å². The van der Waals surface area contributed by atoms with E-state index in [2.05, 4.69) is 26.8 Å². The second-order valence-electron chi connectivity index (χ2n) is 7.42. The van der Waals surface area contributed by atoms with Crippen molar-refractivity contribution >= 4 is 27.3 Å². The molecule has 0 aromatic heterocycles. The summed E-state index contributed by atoms with van der Waals surface area (Å²) in [4.78, 5) is 0.562. The van der Waals surface area contributed by atoms with E-state index >= 15 is 0 Å². The van der Waals surface area contributed by atoms with Gasteiger partial charge in [0.2, 0.25) is 0 Å². The minimum Gasteiger partial charge on any atom is -0.262 e. The third-order valence-electron chi connectivity index (χ3n) is 5.58. The summed E-state index contributed by atoms with van der Waals surface area (Å²) in [6.07, 6.45) is 5.49. The molecular formula is C18H20ClNO2S. The Balaban J connectivity index is 1.94. The highest BCUT2D eigenvalue weighted by Gasteiger charge is 2.56. The Bertz CT molecular complexity index is 867. The summed E-state index contributed by atoms with van der Waals surface area (Å²) < 4.78 is 28.2. The summed E-state index contributed by atoms with van der Waals surface area (Å²) in [7, 11) is -3.48. The molecule has 3 aliphatic rings. The predicted octanol–water partition coefficient (Wildman–Crippen LogP) is 4.29. The number of benzene rings is 1. The van der Waals surface area contributed by atoms with Crippen molar-refractivity contribution in [1.82, 2.24) is 0 Å². The van der Waals surface area contributed by atoms with Crippen molar-refractivity contribution in [3.63, 3.8) is 0 Å². The van der Waals surface area contributed by atoms with Crippen LogP contribution in [0.2, 0.25) is 5.02 Å². The smallest absolute Gasteiger partial charge is 0.261 e. The Hall–Kier alpha value is -1.26. The van der Waals surface area contributed by atoms with Crippen LogP contribution in [0.1, 0.15) is 32.8 Å². The van der Waals surface area contributed by atoms with Gasteiger partial charge in [-0.3, -0.25) is 4.31 Å². The van der Waals surface area contributed by atoms with Gasteiger partial charge < -0.3 is 0 Å². The second kappa shape index (κ2) is 4.64. The Labute approximate surface area is 142 Å². The average Bonchev–Trinajstić information content (AvgIpc) is 2.86. The summed E-state index contributed by atoms with van der Waals surface area (Å²) in [6.45, 7) is 6.44. The molecule has 3 nitrogen and oxygen atoms in total. The van der Waals surface area contributed by atoms with Crippen LogP contribution >= 0.6 is 11.6 Å². The van der Waals surface area contributed by atoms with Crippen molar-refractivity contribution in [2.75, 3.05) is 4.31 Å². The van der Waals surface area contributed by atoms with E-state index in [0.29, 0.717) is 16.3 Å².